The lowest BCUT2D eigenvalue weighted by atomic mass is 9.88. The average Bonchev–Trinajstić information content (AvgIpc) is 3.05. The van der Waals surface area contributed by atoms with Crippen molar-refractivity contribution in [1.82, 2.24) is 0 Å². The van der Waals surface area contributed by atoms with Crippen molar-refractivity contribution >= 4 is 23.2 Å². The summed E-state index contributed by atoms with van der Waals surface area (Å²) in [6, 6.07) is 2.13. The lowest BCUT2D eigenvalue weighted by Crippen LogP contribution is -2.16. The molecule has 1 aromatic rings. The van der Waals surface area contributed by atoms with Crippen molar-refractivity contribution in [2.75, 3.05) is 0 Å². The zero-order valence-electron chi connectivity index (χ0n) is 10.9. The molecule has 0 saturated heterocycles. The summed E-state index contributed by atoms with van der Waals surface area (Å²) >= 11 is 1.74. The molecule has 1 nitrogen and oxygen atoms in total. The zero-order chi connectivity index (χ0) is 12.5. The Morgan fingerprint density at radius 3 is 2.72 bits per heavy atom. The maximum atomic E-state index is 12.5. The molecule has 0 amide bonds. The number of carbonyl (C=O) groups excluding carboxylic acids is 1. The molecule has 2 aliphatic carbocycles. The summed E-state index contributed by atoms with van der Waals surface area (Å²) in [5.41, 5.74) is 2.38. The lowest BCUT2D eigenvalue weighted by Gasteiger charge is -2.15. The molecule has 1 aromatic heterocycles. The quantitative estimate of drug-likeness (QED) is 0.710. The van der Waals surface area contributed by atoms with Gasteiger partial charge in [0.2, 0.25) is 0 Å². The summed E-state index contributed by atoms with van der Waals surface area (Å²) in [6.45, 7) is 2.12. The first-order valence-electron chi connectivity index (χ1n) is 7.04. The zero-order valence-corrected chi connectivity index (χ0v) is 11.8. The Balaban J connectivity index is 1.78. The number of ketones is 1. The van der Waals surface area contributed by atoms with Crippen molar-refractivity contribution in [2.45, 2.75) is 45.4 Å². The van der Waals surface area contributed by atoms with Crippen LogP contribution in [0.15, 0.2) is 17.0 Å². The van der Waals surface area contributed by atoms with Gasteiger partial charge >= 0.3 is 0 Å². The van der Waals surface area contributed by atoms with Crippen molar-refractivity contribution in [3.05, 3.63) is 27.5 Å². The molecule has 18 heavy (non-hydrogen) atoms. The standard InChI is InChI=1S/C16H20OS/c1-11-8-9-18-15(11)10-13-6-7-14(16(13)17)12-4-2-3-5-12/h8-10,12,14H,2-7H2,1H3/b13-10+. The molecule has 1 heterocycles. The van der Waals surface area contributed by atoms with Crippen LogP contribution in [0.4, 0.5) is 0 Å². The molecule has 0 N–H and O–H groups in total. The molecule has 1 unspecified atom stereocenters. The summed E-state index contributed by atoms with van der Waals surface area (Å²) in [6.07, 6.45) is 9.47. The molecule has 2 aliphatic rings. The van der Waals surface area contributed by atoms with Crippen molar-refractivity contribution in [3.63, 3.8) is 0 Å². The van der Waals surface area contributed by atoms with Gasteiger partial charge < -0.3 is 0 Å². The maximum absolute atomic E-state index is 12.5. The molecular formula is C16H20OS. The first-order chi connectivity index (χ1) is 8.75. The highest BCUT2D eigenvalue weighted by molar-refractivity contribution is 7.11. The summed E-state index contributed by atoms with van der Waals surface area (Å²) in [5, 5.41) is 2.11. The van der Waals surface area contributed by atoms with Crippen LogP contribution in [0, 0.1) is 18.8 Å². The molecule has 3 rings (SSSR count). The third kappa shape index (κ3) is 2.18. The average molecular weight is 260 g/mol. The number of hydrogen-bond donors (Lipinski definition) is 0. The van der Waals surface area contributed by atoms with Crippen LogP contribution < -0.4 is 0 Å². The Labute approximate surface area is 113 Å². The van der Waals surface area contributed by atoms with Crippen molar-refractivity contribution in [1.29, 1.82) is 0 Å². The van der Waals surface area contributed by atoms with Gasteiger partial charge in [-0.1, -0.05) is 12.8 Å². The fourth-order valence-corrected chi connectivity index (χ4v) is 4.33. The van der Waals surface area contributed by atoms with Crippen LogP contribution in [0.3, 0.4) is 0 Å². The summed E-state index contributed by atoms with van der Waals surface area (Å²) in [7, 11) is 0. The van der Waals surface area contributed by atoms with Gasteiger partial charge in [0, 0.05) is 10.8 Å². The van der Waals surface area contributed by atoms with E-state index in [0.717, 1.165) is 18.4 Å². The van der Waals surface area contributed by atoms with E-state index >= 15 is 0 Å². The van der Waals surface area contributed by atoms with Gasteiger partial charge in [-0.2, -0.15) is 0 Å². The van der Waals surface area contributed by atoms with Gasteiger partial charge in [-0.3, -0.25) is 4.79 Å². The number of allylic oxidation sites excluding steroid dienone is 1. The summed E-state index contributed by atoms with van der Waals surface area (Å²) in [5.74, 6) is 1.49. The normalized spacial score (nSPS) is 27.5. The minimum Gasteiger partial charge on any atom is -0.294 e. The van der Waals surface area contributed by atoms with E-state index in [4.69, 9.17) is 0 Å². The minimum atomic E-state index is 0.346. The van der Waals surface area contributed by atoms with Crippen LogP contribution >= 0.6 is 11.3 Å². The van der Waals surface area contributed by atoms with E-state index in [0.29, 0.717) is 17.6 Å². The van der Waals surface area contributed by atoms with Crippen LogP contribution in [0.5, 0.6) is 0 Å². The Hall–Kier alpha value is -0.890. The predicted octanol–water partition coefficient (Wildman–Crippen LogP) is 4.61. The predicted molar refractivity (Wildman–Crippen MR) is 76.7 cm³/mol. The molecule has 0 radical (unpaired) electrons. The third-order valence-electron chi connectivity index (χ3n) is 4.55. The highest BCUT2D eigenvalue weighted by atomic mass is 32.1. The number of hydrogen-bond acceptors (Lipinski definition) is 2. The first kappa shape index (κ1) is 12.2. The smallest absolute Gasteiger partial charge is 0.162 e. The molecule has 0 aliphatic heterocycles. The monoisotopic (exact) mass is 260 g/mol. The molecule has 0 aromatic carbocycles. The second-order valence-electron chi connectivity index (χ2n) is 5.69. The van der Waals surface area contributed by atoms with Gasteiger partial charge in [0.15, 0.2) is 5.78 Å². The summed E-state index contributed by atoms with van der Waals surface area (Å²) < 4.78 is 0. The second-order valence-corrected chi connectivity index (χ2v) is 6.64. The molecule has 2 heteroatoms. The second kappa shape index (κ2) is 5.00. The van der Waals surface area contributed by atoms with Gasteiger partial charge in [-0.15, -0.1) is 11.3 Å². The minimum absolute atomic E-state index is 0.346. The highest BCUT2D eigenvalue weighted by Crippen LogP contribution is 2.41. The Morgan fingerprint density at radius 1 is 1.28 bits per heavy atom. The van der Waals surface area contributed by atoms with Crippen LogP contribution in [0.1, 0.15) is 49.0 Å². The molecule has 2 fully saturated rings. The highest BCUT2D eigenvalue weighted by Gasteiger charge is 2.36. The van der Waals surface area contributed by atoms with Crippen LogP contribution in [0.2, 0.25) is 0 Å². The third-order valence-corrected chi connectivity index (χ3v) is 5.52. The topological polar surface area (TPSA) is 17.1 Å². The number of rotatable bonds is 2. The van der Waals surface area contributed by atoms with Crippen LogP contribution in [-0.4, -0.2) is 5.78 Å². The fraction of sp³-hybridized carbons (Fsp3) is 0.562. The molecule has 1 atom stereocenters. The lowest BCUT2D eigenvalue weighted by molar-refractivity contribution is -0.119. The van der Waals surface area contributed by atoms with Gasteiger partial charge in [0.05, 0.1) is 0 Å². The van der Waals surface area contributed by atoms with Gasteiger partial charge in [-0.25, -0.2) is 0 Å². The van der Waals surface area contributed by atoms with Gasteiger partial charge in [-0.05, 0) is 67.2 Å². The first-order valence-corrected chi connectivity index (χ1v) is 7.92. The van der Waals surface area contributed by atoms with E-state index in [2.05, 4.69) is 24.4 Å². The Kier molecular flexibility index (Phi) is 3.38. The van der Waals surface area contributed by atoms with Gasteiger partial charge in [0.25, 0.3) is 0 Å². The molecule has 2 saturated carbocycles. The fourth-order valence-electron chi connectivity index (χ4n) is 3.45. The Morgan fingerprint density at radius 2 is 2.06 bits per heavy atom. The van der Waals surface area contributed by atoms with E-state index in [1.54, 1.807) is 11.3 Å². The number of aryl methyl sites for hydroxylation is 1. The largest absolute Gasteiger partial charge is 0.294 e. The summed E-state index contributed by atoms with van der Waals surface area (Å²) in [4.78, 5) is 13.7. The Bertz CT molecular complexity index is 477. The molecule has 0 bridgehead atoms. The van der Waals surface area contributed by atoms with E-state index in [-0.39, 0.29) is 0 Å². The van der Waals surface area contributed by atoms with Crippen molar-refractivity contribution in [3.8, 4) is 0 Å². The van der Waals surface area contributed by atoms with Crippen LogP contribution in [-0.2, 0) is 4.79 Å². The van der Waals surface area contributed by atoms with Gasteiger partial charge in [0.1, 0.15) is 0 Å². The number of Topliss-reactive ketones (excluding diaryl/α,β-unsaturated/α-hetero) is 1. The van der Waals surface area contributed by atoms with E-state index < -0.39 is 0 Å². The maximum Gasteiger partial charge on any atom is 0.162 e. The van der Waals surface area contributed by atoms with Crippen molar-refractivity contribution < 1.29 is 4.79 Å². The van der Waals surface area contributed by atoms with E-state index in [1.165, 1.54) is 36.1 Å². The molecule has 0 spiro atoms. The van der Waals surface area contributed by atoms with E-state index in [1.807, 2.05) is 0 Å². The van der Waals surface area contributed by atoms with Crippen LogP contribution in [0.25, 0.3) is 6.08 Å². The van der Waals surface area contributed by atoms with Crippen molar-refractivity contribution in [2.24, 2.45) is 11.8 Å². The molecule has 96 valence electrons. The number of carbonyl (C=O) groups is 1. The SMILES string of the molecule is Cc1ccsc1/C=C1\CCC(C2CCCC2)C1=O. The molecular weight excluding hydrogens is 240 g/mol. The number of thiophene rings is 1. The van der Waals surface area contributed by atoms with E-state index in [9.17, 15) is 4.79 Å².